The van der Waals surface area contributed by atoms with Gasteiger partial charge in [0.2, 0.25) is 0 Å². The van der Waals surface area contributed by atoms with E-state index in [1.54, 1.807) is 6.92 Å². The van der Waals surface area contributed by atoms with Gasteiger partial charge >= 0.3 is 6.15 Å². The molecular weight excluding hydrogens is 200 g/mol. The molecule has 15 heavy (non-hydrogen) atoms. The first-order valence-corrected chi connectivity index (χ1v) is 4.81. The van der Waals surface area contributed by atoms with Crippen LogP contribution in [0.4, 0.5) is 0 Å². The molecule has 88 valence electrons. The first kappa shape index (κ1) is 14.3. The van der Waals surface area contributed by atoms with E-state index in [-0.39, 0.29) is 23.8 Å². The lowest BCUT2D eigenvalue weighted by atomic mass is 9.81. The van der Waals surface area contributed by atoms with Gasteiger partial charge < -0.3 is 14.9 Å². The van der Waals surface area contributed by atoms with Crippen LogP contribution in [0.3, 0.4) is 0 Å². The Morgan fingerprint density at radius 2 is 1.53 bits per heavy atom. The smallest absolute Gasteiger partial charge is 0.373 e. The molecule has 5 heteroatoms. The summed E-state index contributed by atoms with van der Waals surface area (Å²) < 4.78 is 5.56. The third kappa shape index (κ3) is 3.39. The lowest BCUT2D eigenvalue weighted by Gasteiger charge is -2.45. The minimum atomic E-state index is -0.756. The van der Waals surface area contributed by atoms with Crippen molar-refractivity contribution in [2.45, 2.75) is 51.6 Å². The standard InChI is InChI=1S/C9H18O3.CO2/c1-5-7(10)8(11)6(2)12-9(5,3)4;2-1-3/h5-8,10-11H,1-4H3;/t5-,6?,7+,8-;/m1./s1. The Morgan fingerprint density at radius 1 is 1.13 bits per heavy atom. The van der Waals surface area contributed by atoms with Gasteiger partial charge in [0.05, 0.1) is 17.8 Å². The fraction of sp³-hybridized carbons (Fsp3) is 0.900. The van der Waals surface area contributed by atoms with Crippen molar-refractivity contribution in [3.63, 3.8) is 0 Å². The van der Waals surface area contributed by atoms with Crippen molar-refractivity contribution in [3.8, 4) is 0 Å². The Labute approximate surface area is 89.0 Å². The number of carbonyl (C=O) groups excluding carboxylic acids is 2. The van der Waals surface area contributed by atoms with Crippen molar-refractivity contribution in [2.75, 3.05) is 0 Å². The molecule has 0 saturated carbocycles. The van der Waals surface area contributed by atoms with Crippen molar-refractivity contribution in [3.05, 3.63) is 0 Å². The summed E-state index contributed by atoms with van der Waals surface area (Å²) in [4.78, 5) is 16.2. The average Bonchev–Trinajstić information content (AvgIpc) is 2.13. The van der Waals surface area contributed by atoms with E-state index in [0.717, 1.165) is 0 Å². The largest absolute Gasteiger partial charge is 0.390 e. The summed E-state index contributed by atoms with van der Waals surface area (Å²) >= 11 is 0. The predicted molar refractivity (Wildman–Crippen MR) is 50.8 cm³/mol. The number of ether oxygens (including phenoxy) is 1. The molecule has 0 aromatic carbocycles. The summed E-state index contributed by atoms with van der Waals surface area (Å²) in [6.45, 7) is 7.54. The Balaban J connectivity index is 0.000000583. The van der Waals surface area contributed by atoms with Crippen LogP contribution in [0.2, 0.25) is 0 Å². The minimum absolute atomic E-state index is 0.0382. The molecule has 1 rings (SSSR count). The summed E-state index contributed by atoms with van der Waals surface area (Å²) in [5.41, 5.74) is -0.349. The summed E-state index contributed by atoms with van der Waals surface area (Å²) in [6, 6.07) is 0. The number of hydrogen-bond donors (Lipinski definition) is 2. The molecule has 1 heterocycles. The monoisotopic (exact) mass is 218 g/mol. The van der Waals surface area contributed by atoms with Gasteiger partial charge in [-0.25, -0.2) is 0 Å². The average molecular weight is 218 g/mol. The van der Waals surface area contributed by atoms with Crippen molar-refractivity contribution in [1.29, 1.82) is 0 Å². The molecule has 0 radical (unpaired) electrons. The van der Waals surface area contributed by atoms with Crippen LogP contribution in [-0.2, 0) is 14.3 Å². The lowest BCUT2D eigenvalue weighted by molar-refractivity contribution is -0.225. The maximum absolute atomic E-state index is 9.62. The second kappa shape index (κ2) is 5.37. The Morgan fingerprint density at radius 3 is 1.93 bits per heavy atom. The molecule has 1 aliphatic rings. The summed E-state index contributed by atoms with van der Waals surface area (Å²) in [6.07, 6.45) is -1.47. The van der Waals surface area contributed by atoms with Gasteiger partial charge in [0.25, 0.3) is 0 Å². The molecule has 1 unspecified atom stereocenters. The molecule has 2 N–H and O–H groups in total. The van der Waals surface area contributed by atoms with Gasteiger partial charge in [0.15, 0.2) is 0 Å². The zero-order chi connectivity index (χ0) is 12.2. The van der Waals surface area contributed by atoms with Crippen molar-refractivity contribution >= 4 is 6.15 Å². The zero-order valence-electron chi connectivity index (χ0n) is 9.43. The van der Waals surface area contributed by atoms with E-state index >= 15 is 0 Å². The van der Waals surface area contributed by atoms with Gasteiger partial charge in [-0.2, -0.15) is 9.59 Å². The first-order valence-electron chi connectivity index (χ1n) is 4.81. The molecule has 5 nitrogen and oxygen atoms in total. The van der Waals surface area contributed by atoms with Crippen LogP contribution >= 0.6 is 0 Å². The molecular formula is C10H18O5. The highest BCUT2D eigenvalue weighted by molar-refractivity contribution is 5.20. The fourth-order valence-electron chi connectivity index (χ4n) is 1.64. The lowest BCUT2D eigenvalue weighted by Crippen LogP contribution is -2.56. The SMILES string of the molecule is CC1OC(C)(C)[C@H](C)[C@H](O)[C@@H]1O.O=C=O. The van der Waals surface area contributed by atoms with Crippen molar-refractivity contribution in [1.82, 2.24) is 0 Å². The summed E-state index contributed by atoms with van der Waals surface area (Å²) in [7, 11) is 0. The number of aliphatic hydroxyl groups excluding tert-OH is 2. The molecule has 0 aromatic heterocycles. The predicted octanol–water partition coefficient (Wildman–Crippen LogP) is -0.0419. The van der Waals surface area contributed by atoms with E-state index in [9.17, 15) is 10.2 Å². The second-order valence-corrected chi connectivity index (χ2v) is 4.28. The number of hydrogen-bond acceptors (Lipinski definition) is 5. The highest BCUT2D eigenvalue weighted by atomic mass is 16.5. The third-order valence-corrected chi connectivity index (χ3v) is 2.93. The number of aliphatic hydroxyl groups is 2. The van der Waals surface area contributed by atoms with E-state index in [2.05, 4.69) is 0 Å². The normalized spacial score (nSPS) is 38.5. The molecule has 0 amide bonds. The second-order valence-electron chi connectivity index (χ2n) is 4.28. The molecule has 0 aromatic rings. The minimum Gasteiger partial charge on any atom is -0.390 e. The molecule has 0 spiro atoms. The Kier molecular flexibility index (Phi) is 5.11. The van der Waals surface area contributed by atoms with Crippen LogP contribution in [0.1, 0.15) is 27.7 Å². The molecule has 1 saturated heterocycles. The van der Waals surface area contributed by atoms with Gasteiger partial charge in [-0.05, 0) is 20.8 Å². The quantitative estimate of drug-likeness (QED) is 0.596. The maximum Gasteiger partial charge on any atom is 0.373 e. The van der Waals surface area contributed by atoms with Crippen molar-refractivity contribution < 1.29 is 24.5 Å². The van der Waals surface area contributed by atoms with E-state index in [4.69, 9.17) is 14.3 Å². The molecule has 1 fully saturated rings. The molecule has 1 aliphatic heterocycles. The van der Waals surface area contributed by atoms with Crippen LogP contribution in [0, 0.1) is 5.92 Å². The Hall–Kier alpha value is -0.740. The molecule has 0 bridgehead atoms. The van der Waals surface area contributed by atoms with Gasteiger partial charge in [-0.15, -0.1) is 0 Å². The van der Waals surface area contributed by atoms with Gasteiger partial charge in [0, 0.05) is 5.92 Å². The highest BCUT2D eigenvalue weighted by Crippen LogP contribution is 2.33. The summed E-state index contributed by atoms with van der Waals surface area (Å²) in [5, 5.41) is 19.1. The van der Waals surface area contributed by atoms with E-state index in [1.165, 1.54) is 0 Å². The fourth-order valence-corrected chi connectivity index (χ4v) is 1.64. The van der Waals surface area contributed by atoms with E-state index in [0.29, 0.717) is 0 Å². The molecule has 4 atom stereocenters. The van der Waals surface area contributed by atoms with Crippen molar-refractivity contribution in [2.24, 2.45) is 5.92 Å². The van der Waals surface area contributed by atoms with Gasteiger partial charge in [0.1, 0.15) is 6.10 Å². The van der Waals surface area contributed by atoms with Crippen LogP contribution in [0.25, 0.3) is 0 Å². The highest BCUT2D eigenvalue weighted by Gasteiger charge is 2.44. The Bertz CT molecular complexity index is 232. The van der Waals surface area contributed by atoms with Crippen LogP contribution in [0.5, 0.6) is 0 Å². The van der Waals surface area contributed by atoms with Crippen LogP contribution in [-0.4, -0.2) is 40.3 Å². The van der Waals surface area contributed by atoms with Crippen LogP contribution in [0.15, 0.2) is 0 Å². The summed E-state index contributed by atoms with van der Waals surface area (Å²) in [5.74, 6) is -0.0382. The van der Waals surface area contributed by atoms with Gasteiger partial charge in [-0.3, -0.25) is 0 Å². The molecule has 0 aliphatic carbocycles. The van der Waals surface area contributed by atoms with E-state index in [1.807, 2.05) is 20.8 Å². The maximum atomic E-state index is 9.62. The number of rotatable bonds is 0. The van der Waals surface area contributed by atoms with Crippen LogP contribution < -0.4 is 0 Å². The zero-order valence-corrected chi connectivity index (χ0v) is 9.43. The first-order chi connectivity index (χ1) is 6.77. The van der Waals surface area contributed by atoms with E-state index < -0.39 is 12.2 Å². The van der Waals surface area contributed by atoms with Gasteiger partial charge in [-0.1, -0.05) is 6.92 Å². The topological polar surface area (TPSA) is 83.8 Å². The third-order valence-electron chi connectivity index (χ3n) is 2.93.